The fourth-order valence-electron chi connectivity index (χ4n) is 10.6. The van der Waals surface area contributed by atoms with E-state index in [1.807, 2.05) is 42.5 Å². The van der Waals surface area contributed by atoms with Crippen molar-refractivity contribution in [1.29, 1.82) is 0 Å². The average Bonchev–Trinajstić information content (AvgIpc) is 4.20. The Morgan fingerprint density at radius 3 is 1.81 bits per heavy atom. The Labute approximate surface area is 404 Å². The molecule has 0 radical (unpaired) electrons. The van der Waals surface area contributed by atoms with E-state index in [0.717, 1.165) is 104 Å². The monoisotopic (exact) mass is 912 g/mol. The highest BCUT2D eigenvalue weighted by molar-refractivity contribution is 7.26. The van der Waals surface area contributed by atoms with Gasteiger partial charge in [0.15, 0.2) is 17.5 Å². The molecule has 0 saturated heterocycles. The normalized spacial score (nSPS) is 12.0. The molecule has 15 aromatic rings. The number of para-hydroxylation sites is 3. The fourth-order valence-corrected chi connectivity index (χ4v) is 11.9. The number of thiophene rings is 1. The molecule has 0 unspecified atom stereocenters. The molecule has 0 saturated carbocycles. The summed E-state index contributed by atoms with van der Waals surface area (Å²) in [7, 11) is 0. The second-order valence-electron chi connectivity index (χ2n) is 17.9. The third kappa shape index (κ3) is 5.95. The van der Waals surface area contributed by atoms with Crippen LogP contribution < -0.4 is 0 Å². The van der Waals surface area contributed by atoms with Crippen LogP contribution in [0.2, 0.25) is 0 Å². The van der Waals surface area contributed by atoms with Crippen LogP contribution in [0.15, 0.2) is 227 Å². The molecule has 0 atom stereocenters. The van der Waals surface area contributed by atoms with Gasteiger partial charge in [0.25, 0.3) is 0 Å². The van der Waals surface area contributed by atoms with Gasteiger partial charge in [-0.15, -0.1) is 11.3 Å². The zero-order chi connectivity index (χ0) is 45.9. The molecule has 5 heterocycles. The highest BCUT2D eigenvalue weighted by Gasteiger charge is 2.21. The first-order valence-electron chi connectivity index (χ1n) is 23.4. The molecular weight excluding hydrogens is 877 g/mol. The Morgan fingerprint density at radius 2 is 0.943 bits per heavy atom. The molecule has 5 aromatic heterocycles. The van der Waals surface area contributed by atoms with E-state index in [4.69, 9.17) is 23.8 Å². The van der Waals surface area contributed by atoms with E-state index in [0.29, 0.717) is 17.5 Å². The van der Waals surface area contributed by atoms with Gasteiger partial charge in [-0.05, 0) is 83.4 Å². The molecule has 0 aliphatic rings. The Bertz CT molecular complexity index is 4600. The predicted octanol–water partition coefficient (Wildman–Crippen LogP) is 17.5. The SMILES string of the molecule is c1ccc(-c2nc(-c3cccc4c3sc3ccccc34)nc(-c3cccc4oc5ccc(-c6ccc7c(c6)c6ccccc6n7-c6ccc(-c7cccc8c7oc7ccccc78)cc6)cc5c34)n2)cc1. The number of rotatable bonds is 6. The molecule has 0 amide bonds. The average molecular weight is 913 g/mol. The number of benzene rings is 10. The fraction of sp³-hybridized carbons (Fsp3) is 0. The van der Waals surface area contributed by atoms with Crippen LogP contribution in [0.4, 0.5) is 0 Å². The molecule has 0 aliphatic carbocycles. The third-order valence-electron chi connectivity index (χ3n) is 13.9. The van der Waals surface area contributed by atoms with E-state index in [2.05, 4.69) is 180 Å². The summed E-state index contributed by atoms with van der Waals surface area (Å²) in [6, 6.07) is 76.8. The minimum atomic E-state index is 0.592. The predicted molar refractivity (Wildman–Crippen MR) is 289 cm³/mol. The van der Waals surface area contributed by atoms with E-state index in [1.54, 1.807) is 11.3 Å². The van der Waals surface area contributed by atoms with Gasteiger partial charge in [0.05, 0.1) is 11.0 Å². The number of hydrogen-bond donors (Lipinski definition) is 0. The molecule has 0 N–H and O–H groups in total. The van der Waals surface area contributed by atoms with Crippen molar-refractivity contribution >= 4 is 97.2 Å². The Morgan fingerprint density at radius 1 is 0.343 bits per heavy atom. The lowest BCUT2D eigenvalue weighted by atomic mass is 9.99. The van der Waals surface area contributed by atoms with Gasteiger partial charge in [0, 0.05) is 80.4 Å². The second-order valence-corrected chi connectivity index (χ2v) is 18.9. The Hall–Kier alpha value is -9.17. The summed E-state index contributed by atoms with van der Waals surface area (Å²) in [4.78, 5) is 15.7. The van der Waals surface area contributed by atoms with E-state index in [1.165, 1.54) is 26.2 Å². The molecule has 0 fully saturated rings. The second kappa shape index (κ2) is 15.2. The van der Waals surface area contributed by atoms with Crippen LogP contribution in [0.3, 0.4) is 0 Å². The summed E-state index contributed by atoms with van der Waals surface area (Å²) < 4.78 is 17.8. The molecular formula is C63H36N4O2S. The smallest absolute Gasteiger partial charge is 0.165 e. The molecule has 326 valence electrons. The van der Waals surface area contributed by atoms with Crippen molar-refractivity contribution in [3.63, 3.8) is 0 Å². The first kappa shape index (κ1) is 38.9. The lowest BCUT2D eigenvalue weighted by Gasteiger charge is -2.10. The maximum atomic E-state index is 6.60. The summed E-state index contributed by atoms with van der Waals surface area (Å²) in [5, 5.41) is 9.03. The first-order chi connectivity index (χ1) is 34.7. The van der Waals surface area contributed by atoms with Crippen LogP contribution in [-0.4, -0.2) is 19.5 Å². The molecule has 10 aromatic carbocycles. The zero-order valence-corrected chi connectivity index (χ0v) is 38.1. The van der Waals surface area contributed by atoms with Crippen molar-refractivity contribution in [2.45, 2.75) is 0 Å². The standard InChI is InChI=1S/C63H36N4O2S/c1-2-13-38(14-3-1)61-64-62(66-63(65-61)49-22-11-20-47-45-17-6-9-26-57(45)70-60(47)49)48-21-12-25-56-58(48)51-36-40(30-34-55(51)68-56)39-29-33-53-50(35-39)43-15-4-7-23-52(43)67(53)41-31-27-37(28-32-41)42-18-10-19-46-44-16-5-8-24-54(44)69-59(42)46/h1-36H. The Balaban J connectivity index is 0.852. The van der Waals surface area contributed by atoms with Crippen molar-refractivity contribution in [1.82, 2.24) is 19.5 Å². The van der Waals surface area contributed by atoms with Gasteiger partial charge in [0.1, 0.15) is 22.3 Å². The van der Waals surface area contributed by atoms with Crippen molar-refractivity contribution in [3.05, 3.63) is 218 Å². The van der Waals surface area contributed by atoms with Crippen LogP contribution in [0.5, 0.6) is 0 Å². The lowest BCUT2D eigenvalue weighted by molar-refractivity contribution is 0.669. The van der Waals surface area contributed by atoms with Crippen LogP contribution in [0.1, 0.15) is 0 Å². The highest BCUT2D eigenvalue weighted by atomic mass is 32.1. The van der Waals surface area contributed by atoms with Gasteiger partial charge in [-0.2, -0.15) is 0 Å². The molecule has 0 aliphatic heterocycles. The van der Waals surface area contributed by atoms with Crippen molar-refractivity contribution < 1.29 is 8.83 Å². The topological polar surface area (TPSA) is 69.9 Å². The van der Waals surface area contributed by atoms with E-state index in [-0.39, 0.29) is 0 Å². The van der Waals surface area contributed by atoms with E-state index < -0.39 is 0 Å². The Kier molecular flexibility index (Phi) is 8.43. The van der Waals surface area contributed by atoms with Crippen LogP contribution in [-0.2, 0) is 0 Å². The summed E-state index contributed by atoms with van der Waals surface area (Å²) >= 11 is 1.77. The minimum Gasteiger partial charge on any atom is -0.456 e. The first-order valence-corrected chi connectivity index (χ1v) is 24.2. The molecule has 0 bridgehead atoms. The molecule has 6 nitrogen and oxygen atoms in total. The van der Waals surface area contributed by atoms with Gasteiger partial charge in [0.2, 0.25) is 0 Å². The van der Waals surface area contributed by atoms with Gasteiger partial charge >= 0.3 is 0 Å². The minimum absolute atomic E-state index is 0.592. The summed E-state index contributed by atoms with van der Waals surface area (Å²) in [6.45, 7) is 0. The van der Waals surface area contributed by atoms with Crippen molar-refractivity contribution in [2.75, 3.05) is 0 Å². The molecule has 7 heteroatoms. The van der Waals surface area contributed by atoms with Gasteiger partial charge in [-0.1, -0.05) is 152 Å². The highest BCUT2D eigenvalue weighted by Crippen LogP contribution is 2.43. The number of nitrogens with zero attached hydrogens (tertiary/aromatic N) is 4. The van der Waals surface area contributed by atoms with Crippen LogP contribution in [0, 0.1) is 0 Å². The zero-order valence-electron chi connectivity index (χ0n) is 37.3. The van der Waals surface area contributed by atoms with E-state index >= 15 is 0 Å². The number of aromatic nitrogens is 4. The lowest BCUT2D eigenvalue weighted by Crippen LogP contribution is -2.00. The molecule has 0 spiro atoms. The summed E-state index contributed by atoms with van der Waals surface area (Å²) in [5.41, 5.74) is 14.0. The summed E-state index contributed by atoms with van der Waals surface area (Å²) in [6.07, 6.45) is 0. The largest absolute Gasteiger partial charge is 0.456 e. The molecule has 70 heavy (non-hydrogen) atoms. The maximum absolute atomic E-state index is 6.60. The van der Waals surface area contributed by atoms with Gasteiger partial charge in [-0.25, -0.2) is 15.0 Å². The maximum Gasteiger partial charge on any atom is 0.165 e. The number of hydrogen-bond acceptors (Lipinski definition) is 6. The molecule has 15 rings (SSSR count). The van der Waals surface area contributed by atoms with E-state index in [9.17, 15) is 0 Å². The van der Waals surface area contributed by atoms with Crippen molar-refractivity contribution in [2.24, 2.45) is 0 Å². The quantitative estimate of drug-likeness (QED) is 0.166. The van der Waals surface area contributed by atoms with Gasteiger partial charge in [-0.3, -0.25) is 0 Å². The van der Waals surface area contributed by atoms with Gasteiger partial charge < -0.3 is 13.4 Å². The number of fused-ring (bicyclic) bond motifs is 12. The summed E-state index contributed by atoms with van der Waals surface area (Å²) in [5.74, 6) is 1.85. The number of furan rings is 2. The van der Waals surface area contributed by atoms with Crippen LogP contribution in [0.25, 0.3) is 148 Å². The van der Waals surface area contributed by atoms with Crippen molar-refractivity contribution in [3.8, 4) is 62.1 Å². The van der Waals surface area contributed by atoms with Crippen LogP contribution >= 0.6 is 11.3 Å². The third-order valence-corrected chi connectivity index (χ3v) is 15.1.